The van der Waals surface area contributed by atoms with Crippen molar-refractivity contribution >= 4 is 34.2 Å². The molecule has 16 heavy (non-hydrogen) atoms. The lowest BCUT2D eigenvalue weighted by atomic mass is 10.3. The average molecular weight is 259 g/mol. The van der Waals surface area contributed by atoms with Gasteiger partial charge in [-0.2, -0.15) is 0 Å². The third kappa shape index (κ3) is 1.91. The van der Waals surface area contributed by atoms with Gasteiger partial charge >= 0.3 is 0 Å². The maximum atomic E-state index is 11.5. The maximum Gasteiger partial charge on any atom is 0.269 e. The topological polar surface area (TPSA) is 55.1 Å². The van der Waals surface area contributed by atoms with Gasteiger partial charge in [-0.3, -0.25) is 4.79 Å². The number of fused-ring (bicyclic) bond motifs is 1. The molecule has 0 aliphatic carbocycles. The fraction of sp³-hybridized carbons (Fsp3) is 0.200. The standard InChI is InChI=1S/C10H8Cl2N2O2/c11-6-3-8-9(4-7(6)12)14(1-2-15)10(16)5-13-8/h3-5,15H,1-2H2. The number of hydrogen-bond acceptors (Lipinski definition) is 3. The highest BCUT2D eigenvalue weighted by Crippen LogP contribution is 2.25. The van der Waals surface area contributed by atoms with Gasteiger partial charge in [0.25, 0.3) is 5.56 Å². The van der Waals surface area contributed by atoms with E-state index < -0.39 is 0 Å². The van der Waals surface area contributed by atoms with Crippen molar-refractivity contribution < 1.29 is 5.11 Å². The van der Waals surface area contributed by atoms with Crippen molar-refractivity contribution in [1.29, 1.82) is 0 Å². The number of nitrogens with zero attached hydrogens (tertiary/aromatic N) is 2. The van der Waals surface area contributed by atoms with Gasteiger partial charge in [0.05, 0.1) is 33.9 Å². The molecule has 1 N–H and O–H groups in total. The summed E-state index contributed by atoms with van der Waals surface area (Å²) in [5.74, 6) is 0. The van der Waals surface area contributed by atoms with Crippen LogP contribution in [-0.2, 0) is 6.54 Å². The van der Waals surface area contributed by atoms with Crippen molar-refractivity contribution in [3.63, 3.8) is 0 Å². The summed E-state index contributed by atoms with van der Waals surface area (Å²) in [4.78, 5) is 15.5. The molecule has 0 fully saturated rings. The predicted molar refractivity (Wildman–Crippen MR) is 63.1 cm³/mol. The van der Waals surface area contributed by atoms with Crippen LogP contribution < -0.4 is 5.56 Å². The van der Waals surface area contributed by atoms with Gasteiger partial charge in [-0.1, -0.05) is 23.2 Å². The van der Waals surface area contributed by atoms with Crippen LogP contribution in [0.15, 0.2) is 23.1 Å². The molecule has 0 saturated carbocycles. The number of aliphatic hydroxyl groups is 1. The molecule has 84 valence electrons. The first-order chi connectivity index (χ1) is 7.63. The molecule has 0 bridgehead atoms. The van der Waals surface area contributed by atoms with Gasteiger partial charge in [-0.05, 0) is 12.1 Å². The Balaban J connectivity index is 2.81. The Morgan fingerprint density at radius 3 is 2.69 bits per heavy atom. The number of halogens is 2. The molecule has 1 aromatic heterocycles. The molecular weight excluding hydrogens is 251 g/mol. The van der Waals surface area contributed by atoms with E-state index in [4.69, 9.17) is 28.3 Å². The minimum absolute atomic E-state index is 0.126. The lowest BCUT2D eigenvalue weighted by Crippen LogP contribution is -2.22. The summed E-state index contributed by atoms with van der Waals surface area (Å²) in [6.45, 7) is 0.0785. The van der Waals surface area contributed by atoms with Crippen molar-refractivity contribution in [2.24, 2.45) is 0 Å². The van der Waals surface area contributed by atoms with Gasteiger partial charge in [0.2, 0.25) is 0 Å². The second-order valence-electron chi connectivity index (χ2n) is 3.23. The van der Waals surface area contributed by atoms with Crippen molar-refractivity contribution in [3.8, 4) is 0 Å². The van der Waals surface area contributed by atoms with E-state index in [0.29, 0.717) is 21.1 Å². The van der Waals surface area contributed by atoms with Crippen LogP contribution in [0.4, 0.5) is 0 Å². The zero-order chi connectivity index (χ0) is 11.7. The Kier molecular flexibility index (Phi) is 3.14. The molecule has 0 spiro atoms. The van der Waals surface area contributed by atoms with Gasteiger partial charge in [-0.15, -0.1) is 0 Å². The second kappa shape index (κ2) is 4.41. The van der Waals surface area contributed by atoms with Crippen LogP contribution in [0.25, 0.3) is 11.0 Å². The van der Waals surface area contributed by atoms with E-state index in [0.717, 1.165) is 0 Å². The van der Waals surface area contributed by atoms with Crippen LogP contribution >= 0.6 is 23.2 Å². The summed E-state index contributed by atoms with van der Waals surface area (Å²) in [5.41, 5.74) is 0.860. The summed E-state index contributed by atoms with van der Waals surface area (Å²) < 4.78 is 1.41. The first kappa shape index (κ1) is 11.4. The van der Waals surface area contributed by atoms with Gasteiger partial charge < -0.3 is 9.67 Å². The number of hydrogen-bond donors (Lipinski definition) is 1. The first-order valence-electron chi connectivity index (χ1n) is 4.59. The Bertz CT molecular complexity index is 595. The lowest BCUT2D eigenvalue weighted by Gasteiger charge is -2.08. The van der Waals surface area contributed by atoms with Gasteiger partial charge in [0, 0.05) is 6.54 Å². The van der Waals surface area contributed by atoms with Crippen LogP contribution in [-0.4, -0.2) is 21.3 Å². The molecule has 6 heteroatoms. The van der Waals surface area contributed by atoms with E-state index in [2.05, 4.69) is 4.98 Å². The third-order valence-corrected chi connectivity index (χ3v) is 2.93. The van der Waals surface area contributed by atoms with Crippen molar-refractivity contribution in [2.75, 3.05) is 6.61 Å². The molecule has 2 aromatic rings. The van der Waals surface area contributed by atoms with E-state index in [1.807, 2.05) is 0 Å². The molecule has 4 nitrogen and oxygen atoms in total. The smallest absolute Gasteiger partial charge is 0.269 e. The van der Waals surface area contributed by atoms with Crippen molar-refractivity contribution in [1.82, 2.24) is 9.55 Å². The van der Waals surface area contributed by atoms with Crippen molar-refractivity contribution in [2.45, 2.75) is 6.54 Å². The fourth-order valence-electron chi connectivity index (χ4n) is 1.49. The van der Waals surface area contributed by atoms with Crippen LogP contribution in [0.3, 0.4) is 0 Å². The summed E-state index contributed by atoms with van der Waals surface area (Å²) in [6, 6.07) is 3.16. The van der Waals surface area contributed by atoms with Crippen molar-refractivity contribution in [3.05, 3.63) is 38.7 Å². The average Bonchev–Trinajstić information content (AvgIpc) is 2.25. The monoisotopic (exact) mass is 258 g/mol. The highest BCUT2D eigenvalue weighted by atomic mass is 35.5. The number of aromatic nitrogens is 2. The highest BCUT2D eigenvalue weighted by Gasteiger charge is 2.07. The number of benzene rings is 1. The Morgan fingerprint density at radius 2 is 2.00 bits per heavy atom. The van der Waals surface area contributed by atoms with E-state index in [9.17, 15) is 4.79 Å². The molecule has 1 heterocycles. The van der Waals surface area contributed by atoms with Gasteiger partial charge in [0.15, 0.2) is 0 Å². The minimum Gasteiger partial charge on any atom is -0.395 e. The largest absolute Gasteiger partial charge is 0.395 e. The summed E-state index contributed by atoms with van der Waals surface area (Å²) in [7, 11) is 0. The molecule has 1 aromatic carbocycles. The van der Waals surface area contributed by atoms with Crippen LogP contribution in [0.1, 0.15) is 0 Å². The SMILES string of the molecule is O=c1cnc2cc(Cl)c(Cl)cc2n1CCO. The van der Waals surface area contributed by atoms with E-state index in [-0.39, 0.29) is 18.7 Å². The Morgan fingerprint density at radius 1 is 1.31 bits per heavy atom. The molecule has 0 amide bonds. The Labute approximate surface area is 101 Å². The lowest BCUT2D eigenvalue weighted by molar-refractivity contribution is 0.276. The first-order valence-corrected chi connectivity index (χ1v) is 5.34. The second-order valence-corrected chi connectivity index (χ2v) is 4.04. The summed E-state index contributed by atoms with van der Waals surface area (Å²) >= 11 is 11.7. The zero-order valence-corrected chi connectivity index (χ0v) is 9.66. The summed E-state index contributed by atoms with van der Waals surface area (Å²) in [6.07, 6.45) is 1.20. The Hall–Kier alpha value is -1.10. The van der Waals surface area contributed by atoms with Gasteiger partial charge in [0.1, 0.15) is 0 Å². The molecule has 0 atom stereocenters. The molecular formula is C10H8Cl2N2O2. The number of rotatable bonds is 2. The maximum absolute atomic E-state index is 11.5. The fourth-order valence-corrected chi connectivity index (χ4v) is 1.81. The van der Waals surface area contributed by atoms with E-state index in [1.54, 1.807) is 12.1 Å². The van der Waals surface area contributed by atoms with Crippen LogP contribution in [0.5, 0.6) is 0 Å². The molecule has 2 rings (SSSR count). The normalized spacial score (nSPS) is 10.9. The van der Waals surface area contributed by atoms with Crippen LogP contribution in [0, 0.1) is 0 Å². The molecule has 0 aliphatic rings. The summed E-state index contributed by atoms with van der Waals surface area (Å²) in [5, 5.41) is 9.63. The molecule has 0 unspecified atom stereocenters. The molecule has 0 radical (unpaired) electrons. The quantitative estimate of drug-likeness (QED) is 0.892. The third-order valence-electron chi connectivity index (χ3n) is 2.21. The molecule has 0 aliphatic heterocycles. The highest BCUT2D eigenvalue weighted by molar-refractivity contribution is 6.42. The number of aliphatic hydroxyl groups excluding tert-OH is 1. The van der Waals surface area contributed by atoms with Crippen LogP contribution in [0.2, 0.25) is 10.0 Å². The van der Waals surface area contributed by atoms with Gasteiger partial charge in [-0.25, -0.2) is 4.98 Å². The van der Waals surface area contributed by atoms with E-state index in [1.165, 1.54) is 10.8 Å². The molecule has 0 saturated heterocycles. The van der Waals surface area contributed by atoms with E-state index >= 15 is 0 Å². The minimum atomic E-state index is -0.278. The predicted octanol–water partition coefficient (Wildman–Crippen LogP) is 1.70. The zero-order valence-electron chi connectivity index (χ0n) is 8.15.